The first-order valence-electron chi connectivity index (χ1n) is 5.03. The Bertz CT molecular complexity index is 468. The summed E-state index contributed by atoms with van der Waals surface area (Å²) < 4.78 is 38.9. The topological polar surface area (TPSA) is 61.8 Å². The van der Waals surface area contributed by atoms with Crippen molar-refractivity contribution >= 4 is 9.84 Å². The second-order valence-corrected chi connectivity index (χ2v) is 5.54. The standard InChI is InChI=1S/C11H16O5S/c1-5-17(12,13)8-6-9(14-2)11(16-4)10(7-8)15-3/h6-7H,5H2,1-4H3. The average molecular weight is 260 g/mol. The predicted molar refractivity (Wildman–Crippen MR) is 63.8 cm³/mol. The molecule has 0 unspecified atom stereocenters. The number of methoxy groups -OCH3 is 3. The fraction of sp³-hybridized carbons (Fsp3) is 0.455. The average Bonchev–Trinajstić information content (AvgIpc) is 2.36. The molecule has 0 heterocycles. The van der Waals surface area contributed by atoms with E-state index in [4.69, 9.17) is 14.2 Å². The number of rotatable bonds is 5. The molecular formula is C11H16O5S. The van der Waals surface area contributed by atoms with Gasteiger partial charge in [0.1, 0.15) is 0 Å². The third-order valence-electron chi connectivity index (χ3n) is 2.38. The lowest BCUT2D eigenvalue weighted by molar-refractivity contribution is 0.323. The van der Waals surface area contributed by atoms with Gasteiger partial charge in [0.05, 0.1) is 32.0 Å². The van der Waals surface area contributed by atoms with Crippen molar-refractivity contribution in [3.8, 4) is 17.2 Å². The van der Waals surface area contributed by atoms with Gasteiger partial charge in [-0.05, 0) is 0 Å². The minimum atomic E-state index is -3.30. The molecule has 0 fully saturated rings. The lowest BCUT2D eigenvalue weighted by Gasteiger charge is -2.13. The molecule has 0 spiro atoms. The summed E-state index contributed by atoms with van der Waals surface area (Å²) in [6.07, 6.45) is 0. The normalized spacial score (nSPS) is 11.1. The summed E-state index contributed by atoms with van der Waals surface area (Å²) in [5.74, 6) is 1.06. The maximum Gasteiger partial charge on any atom is 0.203 e. The maximum atomic E-state index is 11.8. The summed E-state index contributed by atoms with van der Waals surface area (Å²) >= 11 is 0. The van der Waals surface area contributed by atoms with Crippen LogP contribution in [0.5, 0.6) is 17.2 Å². The summed E-state index contributed by atoms with van der Waals surface area (Å²) in [6.45, 7) is 1.58. The molecule has 0 amide bonds. The van der Waals surface area contributed by atoms with E-state index >= 15 is 0 Å². The van der Waals surface area contributed by atoms with Crippen molar-refractivity contribution in [3.63, 3.8) is 0 Å². The third kappa shape index (κ3) is 2.63. The van der Waals surface area contributed by atoms with Crippen LogP contribution < -0.4 is 14.2 Å². The third-order valence-corrected chi connectivity index (χ3v) is 4.09. The first-order chi connectivity index (χ1) is 8.00. The molecule has 0 bridgehead atoms. The highest BCUT2D eigenvalue weighted by Crippen LogP contribution is 2.39. The van der Waals surface area contributed by atoms with Crippen LogP contribution in [0, 0.1) is 0 Å². The molecular weight excluding hydrogens is 244 g/mol. The zero-order valence-corrected chi connectivity index (χ0v) is 11.1. The molecule has 1 aromatic carbocycles. The number of benzene rings is 1. The maximum absolute atomic E-state index is 11.8. The fourth-order valence-electron chi connectivity index (χ4n) is 1.40. The molecule has 0 radical (unpaired) electrons. The van der Waals surface area contributed by atoms with E-state index in [1.54, 1.807) is 6.92 Å². The van der Waals surface area contributed by atoms with E-state index in [2.05, 4.69) is 0 Å². The van der Waals surface area contributed by atoms with Crippen LogP contribution in [0.2, 0.25) is 0 Å². The summed E-state index contributed by atoms with van der Waals surface area (Å²) in [6, 6.07) is 2.86. The zero-order valence-electron chi connectivity index (χ0n) is 10.3. The number of hydrogen-bond acceptors (Lipinski definition) is 5. The van der Waals surface area contributed by atoms with Crippen molar-refractivity contribution in [2.24, 2.45) is 0 Å². The van der Waals surface area contributed by atoms with E-state index < -0.39 is 9.84 Å². The Hall–Kier alpha value is -1.43. The fourth-order valence-corrected chi connectivity index (χ4v) is 2.31. The highest BCUT2D eigenvalue weighted by atomic mass is 32.2. The molecule has 0 atom stereocenters. The summed E-state index contributed by atoms with van der Waals surface area (Å²) in [5, 5.41) is 0. The first kappa shape index (κ1) is 13.6. The molecule has 6 heteroatoms. The van der Waals surface area contributed by atoms with E-state index in [1.807, 2.05) is 0 Å². The monoisotopic (exact) mass is 260 g/mol. The lowest BCUT2D eigenvalue weighted by Crippen LogP contribution is -2.05. The van der Waals surface area contributed by atoms with Crippen LogP contribution in [0.15, 0.2) is 17.0 Å². The van der Waals surface area contributed by atoms with Crippen LogP contribution in [0.1, 0.15) is 6.92 Å². The van der Waals surface area contributed by atoms with Gasteiger partial charge in [-0.1, -0.05) is 6.92 Å². The zero-order chi connectivity index (χ0) is 13.1. The van der Waals surface area contributed by atoms with E-state index in [0.717, 1.165) is 0 Å². The Morgan fingerprint density at radius 1 is 1.00 bits per heavy atom. The van der Waals surface area contributed by atoms with Crippen molar-refractivity contribution < 1.29 is 22.6 Å². The molecule has 0 aliphatic rings. The molecule has 5 nitrogen and oxygen atoms in total. The van der Waals surface area contributed by atoms with Gasteiger partial charge in [0, 0.05) is 12.1 Å². The van der Waals surface area contributed by atoms with Gasteiger partial charge >= 0.3 is 0 Å². The highest BCUT2D eigenvalue weighted by molar-refractivity contribution is 7.91. The second kappa shape index (κ2) is 5.27. The molecule has 0 aliphatic carbocycles. The van der Waals surface area contributed by atoms with Crippen molar-refractivity contribution in [2.75, 3.05) is 27.1 Å². The van der Waals surface area contributed by atoms with Crippen LogP contribution in [-0.4, -0.2) is 35.5 Å². The minimum Gasteiger partial charge on any atom is -0.493 e. The molecule has 1 rings (SSSR count). The van der Waals surface area contributed by atoms with Gasteiger partial charge in [-0.25, -0.2) is 8.42 Å². The molecule has 17 heavy (non-hydrogen) atoms. The molecule has 0 saturated heterocycles. The lowest BCUT2D eigenvalue weighted by atomic mass is 10.3. The first-order valence-corrected chi connectivity index (χ1v) is 6.68. The minimum absolute atomic E-state index is 0.0195. The number of sulfone groups is 1. The Labute approximate surface area is 101 Å². The van der Waals surface area contributed by atoms with Gasteiger partial charge in [-0.15, -0.1) is 0 Å². The summed E-state index contributed by atoms with van der Waals surface area (Å²) in [7, 11) is 1.05. The Kier molecular flexibility index (Phi) is 4.22. The Morgan fingerprint density at radius 2 is 1.47 bits per heavy atom. The smallest absolute Gasteiger partial charge is 0.203 e. The molecule has 1 aromatic rings. The summed E-state index contributed by atoms with van der Waals surface area (Å²) in [4.78, 5) is 0.162. The predicted octanol–water partition coefficient (Wildman–Crippen LogP) is 1.51. The van der Waals surface area contributed by atoms with E-state index in [0.29, 0.717) is 17.2 Å². The second-order valence-electron chi connectivity index (χ2n) is 3.26. The van der Waals surface area contributed by atoms with Crippen molar-refractivity contribution in [3.05, 3.63) is 12.1 Å². The molecule has 0 aromatic heterocycles. The van der Waals surface area contributed by atoms with E-state index in [1.165, 1.54) is 33.5 Å². The van der Waals surface area contributed by atoms with Gasteiger partial charge in [0.2, 0.25) is 5.75 Å². The molecule has 0 aliphatic heterocycles. The van der Waals surface area contributed by atoms with Crippen LogP contribution >= 0.6 is 0 Å². The van der Waals surface area contributed by atoms with Crippen LogP contribution in [0.3, 0.4) is 0 Å². The van der Waals surface area contributed by atoms with Gasteiger partial charge in [0.25, 0.3) is 0 Å². The van der Waals surface area contributed by atoms with Crippen LogP contribution in [-0.2, 0) is 9.84 Å². The summed E-state index contributed by atoms with van der Waals surface area (Å²) in [5.41, 5.74) is 0. The Morgan fingerprint density at radius 3 is 1.76 bits per heavy atom. The largest absolute Gasteiger partial charge is 0.493 e. The van der Waals surface area contributed by atoms with Crippen molar-refractivity contribution in [1.82, 2.24) is 0 Å². The number of hydrogen-bond donors (Lipinski definition) is 0. The van der Waals surface area contributed by atoms with Crippen molar-refractivity contribution in [2.45, 2.75) is 11.8 Å². The van der Waals surface area contributed by atoms with Gasteiger partial charge in [0.15, 0.2) is 21.3 Å². The molecule has 0 saturated carbocycles. The molecule has 96 valence electrons. The number of ether oxygens (including phenoxy) is 3. The Balaban J connectivity index is 3.48. The highest BCUT2D eigenvalue weighted by Gasteiger charge is 2.19. The SMILES string of the molecule is CCS(=O)(=O)c1cc(OC)c(OC)c(OC)c1. The molecule has 0 N–H and O–H groups in total. The van der Waals surface area contributed by atoms with Crippen LogP contribution in [0.25, 0.3) is 0 Å². The van der Waals surface area contributed by atoms with Gasteiger partial charge in [-0.3, -0.25) is 0 Å². The van der Waals surface area contributed by atoms with Gasteiger partial charge in [-0.2, -0.15) is 0 Å². The quantitative estimate of drug-likeness (QED) is 0.803. The van der Waals surface area contributed by atoms with E-state index in [-0.39, 0.29) is 10.6 Å². The van der Waals surface area contributed by atoms with Gasteiger partial charge < -0.3 is 14.2 Å². The van der Waals surface area contributed by atoms with E-state index in [9.17, 15) is 8.42 Å². The van der Waals surface area contributed by atoms with Crippen molar-refractivity contribution in [1.29, 1.82) is 0 Å². The van der Waals surface area contributed by atoms with Crippen LogP contribution in [0.4, 0.5) is 0 Å².